The zero-order valence-electron chi connectivity index (χ0n) is 14.6. The minimum Gasteiger partial charge on any atom is -0.492 e. The van der Waals surface area contributed by atoms with Gasteiger partial charge in [0.25, 0.3) is 5.91 Å². The van der Waals surface area contributed by atoms with Crippen molar-refractivity contribution in [1.82, 2.24) is 25.3 Å². The van der Waals surface area contributed by atoms with Crippen LogP contribution in [0.5, 0.6) is 5.75 Å². The smallest absolute Gasteiger partial charge is 0.273 e. The Morgan fingerprint density at radius 2 is 2.12 bits per heavy atom. The van der Waals surface area contributed by atoms with E-state index in [4.69, 9.17) is 4.74 Å². The average molecular weight is 351 g/mol. The highest BCUT2D eigenvalue weighted by Crippen LogP contribution is 2.09. The van der Waals surface area contributed by atoms with E-state index in [0.29, 0.717) is 31.8 Å². The maximum atomic E-state index is 12.1. The van der Waals surface area contributed by atoms with E-state index in [1.807, 2.05) is 43.3 Å². The lowest BCUT2D eigenvalue weighted by atomic mass is 10.1. The van der Waals surface area contributed by atoms with Gasteiger partial charge in [-0.05, 0) is 36.6 Å². The molecule has 0 spiro atoms. The zero-order chi connectivity index (χ0) is 18.2. The van der Waals surface area contributed by atoms with Gasteiger partial charge in [0, 0.05) is 12.7 Å². The zero-order valence-corrected chi connectivity index (χ0v) is 14.6. The van der Waals surface area contributed by atoms with Gasteiger partial charge in [-0.3, -0.25) is 9.78 Å². The van der Waals surface area contributed by atoms with Crippen molar-refractivity contribution < 1.29 is 9.53 Å². The Labute approximate surface area is 152 Å². The lowest BCUT2D eigenvalue weighted by Crippen LogP contribution is -2.25. The van der Waals surface area contributed by atoms with Crippen molar-refractivity contribution in [2.24, 2.45) is 0 Å². The molecule has 0 aliphatic carbocycles. The van der Waals surface area contributed by atoms with Crippen LogP contribution < -0.4 is 10.1 Å². The second kappa shape index (κ2) is 8.75. The van der Waals surface area contributed by atoms with Crippen molar-refractivity contribution in [1.29, 1.82) is 0 Å². The fourth-order valence-corrected chi connectivity index (χ4v) is 2.43. The molecule has 26 heavy (non-hydrogen) atoms. The Bertz CT molecular complexity index is 848. The molecule has 3 aromatic rings. The van der Waals surface area contributed by atoms with E-state index in [9.17, 15) is 4.79 Å². The lowest BCUT2D eigenvalue weighted by Gasteiger charge is -2.06. The molecule has 2 heterocycles. The molecule has 1 amide bonds. The maximum Gasteiger partial charge on any atom is 0.273 e. The first-order chi connectivity index (χ1) is 12.7. The number of amides is 1. The highest BCUT2D eigenvalue weighted by Gasteiger charge is 2.10. The Kier molecular flexibility index (Phi) is 5.92. The molecule has 0 aliphatic heterocycles. The minimum atomic E-state index is -0.234. The molecule has 0 radical (unpaired) electrons. The summed E-state index contributed by atoms with van der Waals surface area (Å²) in [5, 5.41) is 10.8. The largest absolute Gasteiger partial charge is 0.492 e. The summed E-state index contributed by atoms with van der Waals surface area (Å²) in [6.45, 7) is 3.65. The number of aromatic nitrogens is 4. The van der Waals surface area contributed by atoms with Crippen LogP contribution in [0.3, 0.4) is 0 Å². The Hall–Kier alpha value is -3.22. The van der Waals surface area contributed by atoms with E-state index in [0.717, 1.165) is 11.3 Å². The van der Waals surface area contributed by atoms with Crippen molar-refractivity contribution >= 4 is 5.91 Å². The molecule has 7 nitrogen and oxygen atoms in total. The van der Waals surface area contributed by atoms with Gasteiger partial charge in [-0.1, -0.05) is 29.5 Å². The van der Waals surface area contributed by atoms with Gasteiger partial charge in [0.2, 0.25) is 0 Å². The molecular formula is C19H21N5O2. The average Bonchev–Trinajstić information content (AvgIpc) is 3.13. The number of aryl methyl sites for hydroxylation is 1. The number of hydrogen-bond acceptors (Lipinski definition) is 5. The molecule has 2 aromatic heterocycles. The molecule has 134 valence electrons. The third-order valence-electron chi connectivity index (χ3n) is 3.87. The highest BCUT2D eigenvalue weighted by molar-refractivity contribution is 5.91. The van der Waals surface area contributed by atoms with Gasteiger partial charge in [0.15, 0.2) is 5.69 Å². The molecule has 0 unspecified atom stereocenters. The topological polar surface area (TPSA) is 81.9 Å². The molecule has 0 saturated carbocycles. The normalized spacial score (nSPS) is 10.5. The molecule has 0 atom stereocenters. The molecular weight excluding hydrogens is 330 g/mol. The predicted molar refractivity (Wildman–Crippen MR) is 97.0 cm³/mol. The molecule has 0 fully saturated rings. The fraction of sp³-hybridized carbons (Fsp3) is 0.263. The first-order valence-corrected chi connectivity index (χ1v) is 8.48. The Morgan fingerprint density at radius 3 is 2.92 bits per heavy atom. The van der Waals surface area contributed by atoms with Gasteiger partial charge in [-0.2, -0.15) is 0 Å². The lowest BCUT2D eigenvalue weighted by molar-refractivity contribution is 0.0946. The van der Waals surface area contributed by atoms with Crippen LogP contribution in [0.25, 0.3) is 0 Å². The third-order valence-corrected chi connectivity index (χ3v) is 3.87. The van der Waals surface area contributed by atoms with Crippen molar-refractivity contribution in [2.45, 2.75) is 19.9 Å². The number of benzene rings is 1. The molecule has 1 N–H and O–H groups in total. The Morgan fingerprint density at radius 1 is 1.23 bits per heavy atom. The summed E-state index contributed by atoms with van der Waals surface area (Å²) >= 11 is 0. The predicted octanol–water partition coefficient (Wildman–Crippen LogP) is 2.23. The number of hydrogen-bond donors (Lipinski definition) is 1. The summed E-state index contributed by atoms with van der Waals surface area (Å²) in [4.78, 5) is 16.1. The number of nitrogens with one attached hydrogen (secondary N) is 1. The summed E-state index contributed by atoms with van der Waals surface area (Å²) < 4.78 is 7.20. The van der Waals surface area contributed by atoms with Crippen LogP contribution in [0.4, 0.5) is 0 Å². The van der Waals surface area contributed by atoms with Crippen molar-refractivity contribution in [2.75, 3.05) is 13.2 Å². The number of nitrogens with zero attached hydrogens (tertiary/aromatic N) is 4. The van der Waals surface area contributed by atoms with Crippen molar-refractivity contribution in [3.05, 3.63) is 71.8 Å². The summed E-state index contributed by atoms with van der Waals surface area (Å²) in [7, 11) is 0. The van der Waals surface area contributed by atoms with E-state index in [2.05, 4.69) is 20.6 Å². The van der Waals surface area contributed by atoms with Gasteiger partial charge >= 0.3 is 0 Å². The first kappa shape index (κ1) is 17.6. The quantitative estimate of drug-likeness (QED) is 0.629. The van der Waals surface area contributed by atoms with Crippen LogP contribution in [-0.2, 0) is 6.54 Å². The van der Waals surface area contributed by atoms with Crippen LogP contribution in [0, 0.1) is 6.92 Å². The number of rotatable bonds is 8. The minimum absolute atomic E-state index is 0.234. The highest BCUT2D eigenvalue weighted by atomic mass is 16.5. The molecule has 0 saturated heterocycles. The first-order valence-electron chi connectivity index (χ1n) is 8.48. The van der Waals surface area contributed by atoms with Gasteiger partial charge in [-0.15, -0.1) is 5.10 Å². The van der Waals surface area contributed by atoms with E-state index in [1.54, 1.807) is 23.3 Å². The van der Waals surface area contributed by atoms with Gasteiger partial charge in [0.1, 0.15) is 5.75 Å². The number of pyridine rings is 1. The van der Waals surface area contributed by atoms with Crippen molar-refractivity contribution in [3.8, 4) is 5.75 Å². The van der Waals surface area contributed by atoms with Crippen LogP contribution in [0.15, 0.2) is 55.0 Å². The maximum absolute atomic E-state index is 12.1. The van der Waals surface area contributed by atoms with Gasteiger partial charge < -0.3 is 10.1 Å². The summed E-state index contributed by atoms with van der Waals surface area (Å²) in [5.74, 6) is 0.486. The molecule has 1 aromatic carbocycles. The van der Waals surface area contributed by atoms with Crippen LogP contribution >= 0.6 is 0 Å². The summed E-state index contributed by atoms with van der Waals surface area (Å²) in [6.07, 6.45) is 5.70. The van der Waals surface area contributed by atoms with Crippen molar-refractivity contribution in [3.63, 3.8) is 0 Å². The van der Waals surface area contributed by atoms with Crippen LogP contribution in [-0.4, -0.2) is 39.0 Å². The van der Waals surface area contributed by atoms with Crippen LogP contribution in [0.1, 0.15) is 28.0 Å². The summed E-state index contributed by atoms with van der Waals surface area (Å²) in [6, 6.07) is 11.7. The van der Waals surface area contributed by atoms with E-state index in [1.165, 1.54) is 5.56 Å². The molecule has 0 aliphatic rings. The fourth-order valence-electron chi connectivity index (χ4n) is 2.43. The number of carbonyl (C=O) groups is 1. The molecule has 3 rings (SSSR count). The third kappa shape index (κ3) is 4.89. The molecule has 0 bridgehead atoms. The monoisotopic (exact) mass is 351 g/mol. The van der Waals surface area contributed by atoms with Gasteiger partial charge in [0.05, 0.1) is 25.5 Å². The van der Waals surface area contributed by atoms with E-state index >= 15 is 0 Å². The second-order valence-corrected chi connectivity index (χ2v) is 5.87. The number of carbonyl (C=O) groups excluding carboxylic acids is 1. The van der Waals surface area contributed by atoms with E-state index < -0.39 is 0 Å². The number of ether oxygens (including phenoxy) is 1. The SMILES string of the molecule is Cc1ccccc1Cn1cc(C(=O)NCCCOc2cccnc2)nn1. The van der Waals surface area contributed by atoms with E-state index in [-0.39, 0.29) is 5.91 Å². The molecule has 7 heteroatoms. The van der Waals surface area contributed by atoms with Gasteiger partial charge in [-0.25, -0.2) is 4.68 Å². The Balaban J connectivity index is 1.42. The van der Waals surface area contributed by atoms with Crippen LogP contribution in [0.2, 0.25) is 0 Å². The standard InChI is InChI=1S/C19H21N5O2/c1-15-6-2-3-7-16(15)13-24-14-18(22-23-24)19(25)21-10-5-11-26-17-8-4-9-20-12-17/h2-4,6-9,12,14H,5,10-11,13H2,1H3,(H,21,25). The summed E-state index contributed by atoms with van der Waals surface area (Å²) in [5.41, 5.74) is 2.64. The second-order valence-electron chi connectivity index (χ2n) is 5.87.